The number of carbonyl (C=O) groups is 4. The summed E-state index contributed by atoms with van der Waals surface area (Å²) in [5, 5.41) is 31.0. The largest absolute Gasteiger partial charge is 0.493 e. The molecule has 0 saturated carbocycles. The summed E-state index contributed by atoms with van der Waals surface area (Å²) in [6, 6.07) is 6.57. The van der Waals surface area contributed by atoms with Crippen LogP contribution in [-0.2, 0) is 28.9 Å². The Morgan fingerprint density at radius 1 is 0.978 bits per heavy atom. The molecule has 0 aliphatic carbocycles. The number of fused-ring (bicyclic) bond motifs is 3. The molecule has 1 amide bonds. The maximum atomic E-state index is 15.0. The van der Waals surface area contributed by atoms with Gasteiger partial charge in [-0.1, -0.05) is 20.8 Å². The molecule has 12 nitrogen and oxygen atoms in total. The molecule has 1 atom stereocenters. The van der Waals surface area contributed by atoms with Gasteiger partial charge < -0.3 is 35.6 Å². The first-order chi connectivity index (χ1) is 20.9. The van der Waals surface area contributed by atoms with Gasteiger partial charge in [-0.3, -0.25) is 15.0 Å². The minimum absolute atomic E-state index is 0.131. The molecule has 2 aromatic rings. The second-order valence-corrected chi connectivity index (χ2v) is 13.6. The fourth-order valence-electron chi connectivity index (χ4n) is 6.52. The molecule has 45 heavy (non-hydrogen) atoms. The second kappa shape index (κ2) is 12.1. The van der Waals surface area contributed by atoms with E-state index in [-0.39, 0.29) is 23.9 Å². The number of esters is 1. The van der Waals surface area contributed by atoms with Gasteiger partial charge in [-0.15, -0.1) is 0 Å². The molecule has 0 unspecified atom stereocenters. The Labute approximate surface area is 262 Å². The third kappa shape index (κ3) is 6.31. The number of benzene rings is 2. The third-order valence-corrected chi connectivity index (χ3v) is 8.47. The highest BCUT2D eigenvalue weighted by Crippen LogP contribution is 2.46. The smallest absolute Gasteiger partial charge is 0.343 e. The van der Waals surface area contributed by atoms with E-state index in [2.05, 4.69) is 5.32 Å². The second-order valence-electron chi connectivity index (χ2n) is 13.6. The van der Waals surface area contributed by atoms with E-state index < -0.39 is 46.7 Å². The molecule has 0 fully saturated rings. The highest BCUT2D eigenvalue weighted by molar-refractivity contribution is 6.04. The minimum atomic E-state index is -2.14. The van der Waals surface area contributed by atoms with Crippen LogP contribution in [0.5, 0.6) is 11.5 Å². The zero-order valence-corrected chi connectivity index (χ0v) is 26.6. The molecule has 0 bridgehead atoms. The van der Waals surface area contributed by atoms with Gasteiger partial charge in [0.2, 0.25) is 0 Å². The summed E-state index contributed by atoms with van der Waals surface area (Å²) < 4.78 is 11.8. The van der Waals surface area contributed by atoms with Crippen molar-refractivity contribution in [2.24, 2.45) is 11.1 Å². The van der Waals surface area contributed by atoms with Crippen LogP contribution in [-0.4, -0.2) is 62.6 Å². The Balaban J connectivity index is 1.93. The van der Waals surface area contributed by atoms with E-state index in [1.165, 1.54) is 4.90 Å². The molecule has 2 aliphatic heterocycles. The summed E-state index contributed by atoms with van der Waals surface area (Å²) >= 11 is 0. The highest BCUT2D eigenvalue weighted by Gasteiger charge is 2.60. The van der Waals surface area contributed by atoms with Gasteiger partial charge in [-0.25, -0.2) is 9.59 Å². The molecule has 0 radical (unpaired) electrons. The van der Waals surface area contributed by atoms with E-state index >= 15 is 0 Å². The Hall–Kier alpha value is -4.61. The SMILES string of the molecule is CC(C)(C)N(C(=O)c1c2c(cc3c1CCCCc1cc(NC(=N)N)ccc1C(=O)O3)OCC2)[C@@](CC(=O)O)(C(=O)O)C(C)(C)C. The topological polar surface area (TPSA) is 192 Å². The van der Waals surface area contributed by atoms with Crippen LogP contribution in [0.2, 0.25) is 0 Å². The molecule has 0 saturated heterocycles. The van der Waals surface area contributed by atoms with Crippen molar-refractivity contribution in [3.63, 3.8) is 0 Å². The Morgan fingerprint density at radius 2 is 1.62 bits per heavy atom. The van der Waals surface area contributed by atoms with Gasteiger partial charge in [-0.2, -0.15) is 0 Å². The van der Waals surface area contributed by atoms with E-state index in [1.54, 1.807) is 65.8 Å². The zero-order chi connectivity index (χ0) is 33.5. The predicted octanol–water partition coefficient (Wildman–Crippen LogP) is 4.61. The van der Waals surface area contributed by atoms with Gasteiger partial charge in [0.05, 0.1) is 24.2 Å². The van der Waals surface area contributed by atoms with Crippen LogP contribution in [0.3, 0.4) is 0 Å². The van der Waals surface area contributed by atoms with Crippen molar-refractivity contribution >= 4 is 35.5 Å². The zero-order valence-electron chi connectivity index (χ0n) is 26.6. The lowest BCUT2D eigenvalue weighted by atomic mass is 9.68. The minimum Gasteiger partial charge on any atom is -0.493 e. The van der Waals surface area contributed by atoms with Crippen molar-refractivity contribution in [1.29, 1.82) is 5.41 Å². The third-order valence-electron chi connectivity index (χ3n) is 8.47. The molecule has 12 heteroatoms. The van der Waals surface area contributed by atoms with Crippen molar-refractivity contribution in [1.82, 2.24) is 4.90 Å². The van der Waals surface area contributed by atoms with E-state index in [4.69, 9.17) is 20.6 Å². The lowest BCUT2D eigenvalue weighted by Gasteiger charge is -2.53. The first-order valence-corrected chi connectivity index (χ1v) is 15.0. The first kappa shape index (κ1) is 33.3. The first-order valence-electron chi connectivity index (χ1n) is 15.0. The number of nitrogens with one attached hydrogen (secondary N) is 2. The number of carboxylic acids is 2. The number of ether oxygens (including phenoxy) is 2. The fraction of sp³-hybridized carbons (Fsp3) is 0.485. The van der Waals surface area contributed by atoms with Crippen LogP contribution >= 0.6 is 0 Å². The van der Waals surface area contributed by atoms with Crippen molar-refractivity contribution < 1.29 is 38.9 Å². The number of amides is 1. The van der Waals surface area contributed by atoms with E-state index in [9.17, 15) is 29.4 Å². The summed E-state index contributed by atoms with van der Waals surface area (Å²) in [5.74, 6) is -3.84. The van der Waals surface area contributed by atoms with E-state index in [0.29, 0.717) is 65.8 Å². The quantitative estimate of drug-likeness (QED) is 0.131. The Kier molecular flexibility index (Phi) is 8.92. The molecule has 2 aromatic carbocycles. The molecule has 4 rings (SSSR count). The highest BCUT2D eigenvalue weighted by atomic mass is 16.5. The normalized spacial score (nSPS) is 16.1. The van der Waals surface area contributed by atoms with Gasteiger partial charge >= 0.3 is 17.9 Å². The summed E-state index contributed by atoms with van der Waals surface area (Å²) in [4.78, 5) is 55.2. The number of carboxylic acid groups (broad SMARTS) is 2. The summed E-state index contributed by atoms with van der Waals surface area (Å²) in [6.45, 7) is 10.2. The number of aliphatic carboxylic acids is 2. The van der Waals surface area contributed by atoms with Crippen LogP contribution < -0.4 is 20.5 Å². The van der Waals surface area contributed by atoms with Crippen LogP contribution in [0.1, 0.15) is 98.2 Å². The number of hydrogen-bond acceptors (Lipinski definition) is 7. The number of anilines is 1. The van der Waals surface area contributed by atoms with Gasteiger partial charge in [-0.05, 0) is 75.6 Å². The molecule has 0 aromatic heterocycles. The van der Waals surface area contributed by atoms with Gasteiger partial charge in [0.1, 0.15) is 11.5 Å². The predicted molar refractivity (Wildman–Crippen MR) is 167 cm³/mol. The van der Waals surface area contributed by atoms with Crippen LogP contribution in [0.25, 0.3) is 0 Å². The van der Waals surface area contributed by atoms with Crippen molar-refractivity contribution in [3.8, 4) is 11.5 Å². The molecular weight excluding hydrogens is 580 g/mol. The van der Waals surface area contributed by atoms with Crippen LogP contribution in [0, 0.1) is 10.8 Å². The Morgan fingerprint density at radius 3 is 2.20 bits per heavy atom. The molecule has 242 valence electrons. The Bertz CT molecular complexity index is 1570. The monoisotopic (exact) mass is 622 g/mol. The molecular formula is C33H42N4O8. The average Bonchev–Trinajstić information content (AvgIpc) is 3.36. The van der Waals surface area contributed by atoms with Crippen LogP contribution in [0.4, 0.5) is 5.69 Å². The lowest BCUT2D eigenvalue weighted by Crippen LogP contribution is -2.70. The summed E-state index contributed by atoms with van der Waals surface area (Å²) in [7, 11) is 0. The number of carbonyl (C=O) groups excluding carboxylic acids is 2. The average molecular weight is 623 g/mol. The van der Waals surface area contributed by atoms with E-state index in [1.807, 2.05) is 0 Å². The standard InChI is InChI=1S/C33H42N4O8/c1-31(2,3)33(29(42)43,17-25(38)39)37(32(4,5)6)27(40)26-21-10-8-7-9-18-15-19(36-30(34)35)11-12-20(18)28(41)45-24(21)16-23-22(26)13-14-44-23/h11-12,15-16H,7-10,13-14,17H2,1-6H3,(H,38,39)(H,42,43)(H4,34,35,36)/t33-/m0/s1. The van der Waals surface area contributed by atoms with Crippen molar-refractivity contribution in [2.75, 3.05) is 11.9 Å². The summed E-state index contributed by atoms with van der Waals surface area (Å²) in [5.41, 5.74) is 3.82. The number of aryl methyl sites for hydroxylation is 1. The molecule has 2 aliphatic rings. The van der Waals surface area contributed by atoms with Gasteiger partial charge in [0.15, 0.2) is 11.5 Å². The summed E-state index contributed by atoms with van der Waals surface area (Å²) in [6.07, 6.45) is 1.65. The number of hydrogen-bond donors (Lipinski definition) is 5. The van der Waals surface area contributed by atoms with Crippen molar-refractivity contribution in [2.45, 2.75) is 91.1 Å². The maximum Gasteiger partial charge on any atom is 0.343 e. The molecule has 2 heterocycles. The fourth-order valence-corrected chi connectivity index (χ4v) is 6.52. The van der Waals surface area contributed by atoms with Crippen LogP contribution in [0.15, 0.2) is 24.3 Å². The number of guanidine groups is 1. The van der Waals surface area contributed by atoms with E-state index in [0.717, 1.165) is 0 Å². The molecule has 0 spiro atoms. The van der Waals surface area contributed by atoms with Gasteiger partial charge in [0, 0.05) is 34.8 Å². The maximum absolute atomic E-state index is 15.0. The number of nitrogens with two attached hydrogens (primary N) is 1. The number of rotatable bonds is 6. The van der Waals surface area contributed by atoms with Gasteiger partial charge in [0.25, 0.3) is 5.91 Å². The van der Waals surface area contributed by atoms with Crippen molar-refractivity contribution in [3.05, 3.63) is 52.1 Å². The number of nitrogens with zero attached hydrogens (tertiary/aromatic N) is 1. The lowest BCUT2D eigenvalue weighted by molar-refractivity contribution is -0.169. The molecule has 6 N–H and O–H groups in total.